The van der Waals surface area contributed by atoms with E-state index in [9.17, 15) is 0 Å². The SMILES string of the molecule is C=CCNC(=S)N/N=C/c1cccc(OCc2ccc(C)cc2)c1. The van der Waals surface area contributed by atoms with Crippen LogP contribution in [0.3, 0.4) is 0 Å². The van der Waals surface area contributed by atoms with Crippen LogP contribution in [-0.4, -0.2) is 17.9 Å². The zero-order valence-corrected chi connectivity index (χ0v) is 14.5. The molecule has 0 aliphatic rings. The summed E-state index contributed by atoms with van der Waals surface area (Å²) in [5.74, 6) is 0.798. The molecule has 2 N–H and O–H groups in total. The second kappa shape index (κ2) is 9.47. The number of rotatable bonds is 7. The van der Waals surface area contributed by atoms with Crippen molar-refractivity contribution in [1.82, 2.24) is 10.7 Å². The predicted molar refractivity (Wildman–Crippen MR) is 103 cm³/mol. The molecule has 0 atom stereocenters. The van der Waals surface area contributed by atoms with E-state index in [1.807, 2.05) is 24.3 Å². The second-order valence-electron chi connectivity index (χ2n) is 5.22. The van der Waals surface area contributed by atoms with Gasteiger partial charge in [-0.3, -0.25) is 5.43 Å². The van der Waals surface area contributed by atoms with Crippen LogP contribution in [0.4, 0.5) is 0 Å². The maximum atomic E-state index is 5.82. The number of ether oxygens (including phenoxy) is 1. The molecule has 2 aromatic rings. The Labute approximate surface area is 148 Å². The molecule has 0 saturated heterocycles. The van der Waals surface area contributed by atoms with Crippen molar-refractivity contribution in [3.8, 4) is 5.75 Å². The first-order valence-corrected chi connectivity index (χ1v) is 8.04. The van der Waals surface area contributed by atoms with Gasteiger partial charge in [-0.2, -0.15) is 5.10 Å². The Kier molecular flexibility index (Phi) is 6.98. The Morgan fingerprint density at radius 3 is 2.79 bits per heavy atom. The zero-order valence-electron chi connectivity index (χ0n) is 13.7. The average Bonchev–Trinajstić information content (AvgIpc) is 2.60. The number of thiocarbonyl (C=S) groups is 1. The Hall–Kier alpha value is -2.66. The van der Waals surface area contributed by atoms with Crippen LogP contribution in [0, 0.1) is 6.92 Å². The molecule has 0 spiro atoms. The van der Waals surface area contributed by atoms with Gasteiger partial charge in [0.15, 0.2) is 5.11 Å². The van der Waals surface area contributed by atoms with E-state index in [2.05, 4.69) is 53.6 Å². The van der Waals surface area contributed by atoms with E-state index in [0.717, 1.165) is 16.9 Å². The molecule has 0 radical (unpaired) electrons. The molecule has 0 aliphatic carbocycles. The molecule has 0 saturated carbocycles. The number of aryl methyl sites for hydroxylation is 1. The molecule has 5 heteroatoms. The topological polar surface area (TPSA) is 45.7 Å². The lowest BCUT2D eigenvalue weighted by Gasteiger charge is -2.07. The van der Waals surface area contributed by atoms with E-state index < -0.39 is 0 Å². The molecule has 0 amide bonds. The normalized spacial score (nSPS) is 10.4. The van der Waals surface area contributed by atoms with Crippen LogP contribution in [0.1, 0.15) is 16.7 Å². The first-order chi connectivity index (χ1) is 11.7. The largest absolute Gasteiger partial charge is 0.489 e. The third-order valence-electron chi connectivity index (χ3n) is 3.17. The van der Waals surface area contributed by atoms with Crippen molar-refractivity contribution in [1.29, 1.82) is 0 Å². The third-order valence-corrected chi connectivity index (χ3v) is 3.41. The van der Waals surface area contributed by atoms with Crippen LogP contribution < -0.4 is 15.5 Å². The highest BCUT2D eigenvalue weighted by molar-refractivity contribution is 7.80. The van der Waals surface area contributed by atoms with Crippen LogP contribution >= 0.6 is 12.2 Å². The summed E-state index contributed by atoms with van der Waals surface area (Å²) >= 11 is 5.06. The summed E-state index contributed by atoms with van der Waals surface area (Å²) in [4.78, 5) is 0. The van der Waals surface area contributed by atoms with Gasteiger partial charge < -0.3 is 10.1 Å². The fourth-order valence-corrected chi connectivity index (χ4v) is 2.04. The molecular formula is C19H21N3OS. The maximum absolute atomic E-state index is 5.82. The third kappa shape index (κ3) is 6.22. The minimum atomic E-state index is 0.456. The molecular weight excluding hydrogens is 318 g/mol. The van der Waals surface area contributed by atoms with Crippen molar-refractivity contribution in [2.45, 2.75) is 13.5 Å². The van der Waals surface area contributed by atoms with Gasteiger partial charge in [-0.25, -0.2) is 0 Å². The van der Waals surface area contributed by atoms with Crippen LogP contribution in [0.5, 0.6) is 5.75 Å². The molecule has 0 heterocycles. The highest BCUT2D eigenvalue weighted by Gasteiger charge is 1.98. The molecule has 0 unspecified atom stereocenters. The van der Waals surface area contributed by atoms with Crippen molar-refractivity contribution >= 4 is 23.5 Å². The molecule has 2 rings (SSSR count). The molecule has 0 bridgehead atoms. The van der Waals surface area contributed by atoms with E-state index in [4.69, 9.17) is 17.0 Å². The minimum absolute atomic E-state index is 0.456. The standard InChI is InChI=1S/C19H21N3OS/c1-3-11-20-19(24)22-21-13-17-5-4-6-18(12-17)23-14-16-9-7-15(2)8-10-16/h3-10,12-13H,1,11,14H2,2H3,(H2,20,22,24)/b21-13+. The molecule has 4 nitrogen and oxygen atoms in total. The lowest BCUT2D eigenvalue weighted by Crippen LogP contribution is -2.31. The van der Waals surface area contributed by atoms with Crippen molar-refractivity contribution in [3.05, 3.63) is 77.9 Å². The van der Waals surface area contributed by atoms with Gasteiger partial charge in [0.2, 0.25) is 0 Å². The Balaban J connectivity index is 1.87. The van der Waals surface area contributed by atoms with E-state index in [-0.39, 0.29) is 0 Å². The summed E-state index contributed by atoms with van der Waals surface area (Å²) in [5.41, 5.74) is 6.06. The number of nitrogens with one attached hydrogen (secondary N) is 2. The number of hydrogen-bond acceptors (Lipinski definition) is 3. The van der Waals surface area contributed by atoms with E-state index in [0.29, 0.717) is 18.3 Å². The van der Waals surface area contributed by atoms with Gasteiger partial charge >= 0.3 is 0 Å². The fraction of sp³-hybridized carbons (Fsp3) is 0.158. The van der Waals surface area contributed by atoms with Gasteiger partial charge in [-0.15, -0.1) is 6.58 Å². The number of nitrogens with zero attached hydrogens (tertiary/aromatic N) is 1. The van der Waals surface area contributed by atoms with Crippen molar-refractivity contribution < 1.29 is 4.74 Å². The van der Waals surface area contributed by atoms with E-state index in [1.165, 1.54) is 5.56 Å². The monoisotopic (exact) mass is 339 g/mol. The predicted octanol–water partition coefficient (Wildman–Crippen LogP) is 3.56. The van der Waals surface area contributed by atoms with Crippen LogP contribution in [0.25, 0.3) is 0 Å². The smallest absolute Gasteiger partial charge is 0.187 e. The van der Waals surface area contributed by atoms with Gasteiger partial charge in [0.05, 0.1) is 6.21 Å². The van der Waals surface area contributed by atoms with Crippen molar-refractivity contribution in [2.24, 2.45) is 5.10 Å². The van der Waals surface area contributed by atoms with Gasteiger partial charge in [-0.05, 0) is 42.4 Å². The number of hydrogen-bond donors (Lipinski definition) is 2. The minimum Gasteiger partial charge on any atom is -0.489 e. The molecule has 0 aromatic heterocycles. The quantitative estimate of drug-likeness (QED) is 0.350. The molecule has 0 aliphatic heterocycles. The highest BCUT2D eigenvalue weighted by atomic mass is 32.1. The maximum Gasteiger partial charge on any atom is 0.187 e. The van der Waals surface area contributed by atoms with Gasteiger partial charge in [0.25, 0.3) is 0 Å². The van der Waals surface area contributed by atoms with Crippen LogP contribution in [0.2, 0.25) is 0 Å². The summed E-state index contributed by atoms with van der Waals surface area (Å²) in [7, 11) is 0. The fourth-order valence-electron chi connectivity index (χ4n) is 1.91. The van der Waals surface area contributed by atoms with Gasteiger partial charge in [-0.1, -0.05) is 48.0 Å². The Morgan fingerprint density at radius 2 is 2.04 bits per heavy atom. The molecule has 124 valence electrons. The Bertz CT molecular complexity index is 711. The highest BCUT2D eigenvalue weighted by Crippen LogP contribution is 2.14. The first-order valence-electron chi connectivity index (χ1n) is 7.63. The Morgan fingerprint density at radius 1 is 1.25 bits per heavy atom. The van der Waals surface area contributed by atoms with Gasteiger partial charge in [0, 0.05) is 6.54 Å². The van der Waals surface area contributed by atoms with Crippen LogP contribution in [-0.2, 0) is 6.61 Å². The first kappa shape index (κ1) is 17.7. The van der Waals surface area contributed by atoms with Crippen LogP contribution in [0.15, 0.2) is 66.3 Å². The second-order valence-corrected chi connectivity index (χ2v) is 5.62. The van der Waals surface area contributed by atoms with Crippen molar-refractivity contribution in [3.63, 3.8) is 0 Å². The zero-order chi connectivity index (χ0) is 17.2. The lowest BCUT2D eigenvalue weighted by molar-refractivity contribution is 0.306. The average molecular weight is 339 g/mol. The van der Waals surface area contributed by atoms with Crippen molar-refractivity contribution in [2.75, 3.05) is 6.54 Å². The number of benzene rings is 2. The summed E-state index contributed by atoms with van der Waals surface area (Å²) in [6, 6.07) is 16.0. The summed E-state index contributed by atoms with van der Waals surface area (Å²) in [6.45, 7) is 6.82. The number of hydrazone groups is 1. The summed E-state index contributed by atoms with van der Waals surface area (Å²) < 4.78 is 5.82. The van der Waals surface area contributed by atoms with E-state index in [1.54, 1.807) is 12.3 Å². The molecule has 2 aromatic carbocycles. The summed E-state index contributed by atoms with van der Waals surface area (Å²) in [6.07, 6.45) is 3.42. The van der Waals surface area contributed by atoms with Gasteiger partial charge in [0.1, 0.15) is 12.4 Å². The molecule has 24 heavy (non-hydrogen) atoms. The lowest BCUT2D eigenvalue weighted by atomic mass is 10.2. The molecule has 0 fully saturated rings. The van der Waals surface area contributed by atoms with E-state index >= 15 is 0 Å². The summed E-state index contributed by atoms with van der Waals surface area (Å²) in [5, 5.41) is 7.49.